The van der Waals surface area contributed by atoms with Crippen LogP contribution in [-0.2, 0) is 9.47 Å². The lowest BCUT2D eigenvalue weighted by Gasteiger charge is -2.34. The average molecular weight is 284 g/mol. The lowest BCUT2D eigenvalue weighted by atomic mass is 9.76. The van der Waals surface area contributed by atoms with Crippen LogP contribution in [0.4, 0.5) is 0 Å². The molecular formula is C18H20O3. The molecule has 0 N–H and O–H groups in total. The Morgan fingerprint density at radius 3 is 2.81 bits per heavy atom. The lowest BCUT2D eigenvalue weighted by molar-refractivity contribution is -0.0128. The van der Waals surface area contributed by atoms with Crippen LogP contribution >= 0.6 is 0 Å². The standard InChI is InChI=1S/C18H20O3/c1-18-15(21-18)9-13-12-7-11(16(13)18)8-14(12)20-17(19)10-5-3-2-4-6-10/h2-6,11-16H,7-9H2,1H3. The van der Waals surface area contributed by atoms with Crippen molar-refractivity contribution < 1.29 is 14.3 Å². The van der Waals surface area contributed by atoms with E-state index in [-0.39, 0.29) is 17.7 Å². The summed E-state index contributed by atoms with van der Waals surface area (Å²) in [5.74, 6) is 2.56. The summed E-state index contributed by atoms with van der Waals surface area (Å²) in [4.78, 5) is 12.3. The van der Waals surface area contributed by atoms with E-state index in [2.05, 4.69) is 6.92 Å². The molecule has 0 aromatic heterocycles. The highest BCUT2D eigenvalue weighted by Gasteiger charge is 2.73. The first-order valence-electron chi connectivity index (χ1n) is 8.10. The summed E-state index contributed by atoms with van der Waals surface area (Å²) in [5, 5.41) is 0. The van der Waals surface area contributed by atoms with E-state index in [4.69, 9.17) is 9.47 Å². The van der Waals surface area contributed by atoms with Crippen LogP contribution in [-0.4, -0.2) is 23.8 Å². The van der Waals surface area contributed by atoms with Crippen molar-refractivity contribution in [2.45, 2.75) is 44.0 Å². The van der Waals surface area contributed by atoms with Gasteiger partial charge in [0.15, 0.2) is 0 Å². The zero-order chi connectivity index (χ0) is 14.2. The predicted octanol–water partition coefficient (Wildman–Crippen LogP) is 3.05. The Bertz CT molecular complexity index is 598. The first-order valence-corrected chi connectivity index (χ1v) is 8.10. The highest BCUT2D eigenvalue weighted by atomic mass is 16.6. The maximum atomic E-state index is 12.3. The first-order chi connectivity index (χ1) is 10.2. The monoisotopic (exact) mass is 284 g/mol. The van der Waals surface area contributed by atoms with E-state index < -0.39 is 0 Å². The molecule has 1 aromatic carbocycles. The molecule has 0 radical (unpaired) electrons. The summed E-state index contributed by atoms with van der Waals surface area (Å²) in [6.07, 6.45) is 4.07. The van der Waals surface area contributed by atoms with Crippen LogP contribution in [0.5, 0.6) is 0 Å². The molecule has 2 bridgehead atoms. The molecule has 3 saturated carbocycles. The summed E-state index contributed by atoms with van der Waals surface area (Å²) < 4.78 is 11.7. The molecule has 1 heterocycles. The van der Waals surface area contributed by atoms with Gasteiger partial charge in [0.2, 0.25) is 0 Å². The molecule has 1 aromatic rings. The van der Waals surface area contributed by atoms with Gasteiger partial charge in [0.25, 0.3) is 0 Å². The molecule has 3 aliphatic carbocycles. The molecule has 7 atom stereocenters. The number of fused-ring (bicyclic) bond motifs is 7. The van der Waals surface area contributed by atoms with Crippen LogP contribution in [0, 0.1) is 23.7 Å². The van der Waals surface area contributed by atoms with Gasteiger partial charge in [0, 0.05) is 0 Å². The van der Waals surface area contributed by atoms with Gasteiger partial charge in [-0.25, -0.2) is 4.79 Å². The van der Waals surface area contributed by atoms with Crippen molar-refractivity contribution in [2.75, 3.05) is 0 Å². The quantitative estimate of drug-likeness (QED) is 0.619. The van der Waals surface area contributed by atoms with Gasteiger partial charge in [-0.05, 0) is 62.0 Å². The number of epoxide rings is 1. The van der Waals surface area contributed by atoms with Crippen LogP contribution in [0.2, 0.25) is 0 Å². The second-order valence-corrected chi connectivity index (χ2v) is 7.42. The number of esters is 1. The third-order valence-electron chi connectivity index (χ3n) is 6.50. The van der Waals surface area contributed by atoms with Gasteiger partial charge in [-0.1, -0.05) is 18.2 Å². The molecule has 0 spiro atoms. The number of carbonyl (C=O) groups is 1. The highest BCUT2D eigenvalue weighted by Crippen LogP contribution is 2.69. The molecule has 1 aliphatic heterocycles. The molecule has 4 fully saturated rings. The van der Waals surface area contributed by atoms with Gasteiger partial charge in [0.1, 0.15) is 6.10 Å². The molecule has 4 aliphatic rings. The van der Waals surface area contributed by atoms with Crippen LogP contribution in [0.25, 0.3) is 0 Å². The van der Waals surface area contributed by atoms with Gasteiger partial charge in [0.05, 0.1) is 17.3 Å². The summed E-state index contributed by atoms with van der Waals surface area (Å²) in [6.45, 7) is 2.29. The summed E-state index contributed by atoms with van der Waals surface area (Å²) in [7, 11) is 0. The minimum Gasteiger partial charge on any atom is -0.458 e. The fraction of sp³-hybridized carbons (Fsp3) is 0.611. The topological polar surface area (TPSA) is 38.8 Å². The maximum Gasteiger partial charge on any atom is 0.338 e. The molecule has 3 nitrogen and oxygen atoms in total. The molecule has 3 heteroatoms. The largest absolute Gasteiger partial charge is 0.458 e. The minimum atomic E-state index is -0.157. The molecule has 1 saturated heterocycles. The lowest BCUT2D eigenvalue weighted by Crippen LogP contribution is -2.36. The Hall–Kier alpha value is -1.35. The van der Waals surface area contributed by atoms with E-state index in [1.165, 1.54) is 12.8 Å². The Kier molecular flexibility index (Phi) is 2.26. The van der Waals surface area contributed by atoms with Crippen LogP contribution in [0.3, 0.4) is 0 Å². The third kappa shape index (κ3) is 1.56. The van der Waals surface area contributed by atoms with Crippen molar-refractivity contribution in [3.8, 4) is 0 Å². The van der Waals surface area contributed by atoms with Crippen LogP contribution < -0.4 is 0 Å². The van der Waals surface area contributed by atoms with Crippen molar-refractivity contribution in [2.24, 2.45) is 23.7 Å². The smallest absolute Gasteiger partial charge is 0.338 e. The first kappa shape index (κ1) is 12.2. The summed E-state index contributed by atoms with van der Waals surface area (Å²) in [6, 6.07) is 9.35. The van der Waals surface area contributed by atoms with Gasteiger partial charge >= 0.3 is 5.97 Å². The zero-order valence-corrected chi connectivity index (χ0v) is 12.2. The van der Waals surface area contributed by atoms with E-state index in [9.17, 15) is 4.79 Å². The average Bonchev–Trinajstić information content (AvgIpc) is 2.84. The number of benzene rings is 1. The Balaban J connectivity index is 1.32. The zero-order valence-electron chi connectivity index (χ0n) is 12.2. The Labute approximate surface area is 124 Å². The number of hydrogen-bond acceptors (Lipinski definition) is 3. The Morgan fingerprint density at radius 2 is 2.00 bits per heavy atom. The summed E-state index contributed by atoms with van der Waals surface area (Å²) in [5.41, 5.74) is 0.833. The molecule has 5 rings (SSSR count). The second-order valence-electron chi connectivity index (χ2n) is 7.42. The minimum absolute atomic E-state index is 0.130. The van der Waals surface area contributed by atoms with E-state index in [0.717, 1.165) is 18.3 Å². The van der Waals surface area contributed by atoms with E-state index in [1.54, 1.807) is 0 Å². The van der Waals surface area contributed by atoms with Crippen molar-refractivity contribution in [1.82, 2.24) is 0 Å². The van der Waals surface area contributed by atoms with Crippen molar-refractivity contribution >= 4 is 5.97 Å². The number of ether oxygens (including phenoxy) is 2. The summed E-state index contributed by atoms with van der Waals surface area (Å²) >= 11 is 0. The Morgan fingerprint density at radius 1 is 1.19 bits per heavy atom. The van der Waals surface area contributed by atoms with Crippen LogP contribution in [0.1, 0.15) is 36.5 Å². The van der Waals surface area contributed by atoms with E-state index >= 15 is 0 Å². The van der Waals surface area contributed by atoms with Gasteiger partial charge in [-0.3, -0.25) is 0 Å². The van der Waals surface area contributed by atoms with Crippen molar-refractivity contribution in [3.63, 3.8) is 0 Å². The normalized spacial score (nSPS) is 48.8. The van der Waals surface area contributed by atoms with E-state index in [1.807, 2.05) is 30.3 Å². The number of hydrogen-bond donors (Lipinski definition) is 0. The van der Waals surface area contributed by atoms with E-state index in [0.29, 0.717) is 23.5 Å². The van der Waals surface area contributed by atoms with Crippen LogP contribution in [0.15, 0.2) is 30.3 Å². The molecule has 7 unspecified atom stereocenters. The van der Waals surface area contributed by atoms with Gasteiger partial charge < -0.3 is 9.47 Å². The number of carbonyl (C=O) groups excluding carboxylic acids is 1. The van der Waals surface area contributed by atoms with Gasteiger partial charge in [-0.15, -0.1) is 0 Å². The molecule has 110 valence electrons. The third-order valence-corrected chi connectivity index (χ3v) is 6.50. The van der Waals surface area contributed by atoms with Crippen molar-refractivity contribution in [3.05, 3.63) is 35.9 Å². The molecule has 0 amide bonds. The highest BCUT2D eigenvalue weighted by molar-refractivity contribution is 5.89. The molecule has 21 heavy (non-hydrogen) atoms. The predicted molar refractivity (Wildman–Crippen MR) is 76.7 cm³/mol. The van der Waals surface area contributed by atoms with Crippen molar-refractivity contribution in [1.29, 1.82) is 0 Å². The SMILES string of the molecule is CC12OC1CC1C3CC(CC3OC(=O)c3ccccc3)C12. The maximum absolute atomic E-state index is 12.3. The second kappa shape index (κ2) is 3.89. The fourth-order valence-corrected chi connectivity index (χ4v) is 5.66. The van der Waals surface area contributed by atoms with Gasteiger partial charge in [-0.2, -0.15) is 0 Å². The number of rotatable bonds is 2. The fourth-order valence-electron chi connectivity index (χ4n) is 5.66. The molecular weight excluding hydrogens is 264 g/mol.